The zero-order valence-electron chi connectivity index (χ0n) is 10.7. The van der Waals surface area contributed by atoms with E-state index in [1.807, 2.05) is 0 Å². The van der Waals surface area contributed by atoms with Gasteiger partial charge in [-0.15, -0.1) is 0 Å². The van der Waals surface area contributed by atoms with Crippen molar-refractivity contribution in [2.45, 2.75) is 12.6 Å². The molecule has 0 aliphatic rings. The fraction of sp³-hybridized carbons (Fsp3) is 0.143. The highest BCUT2D eigenvalue weighted by molar-refractivity contribution is 5.76. The first-order valence-electron chi connectivity index (χ1n) is 5.91. The maximum atomic E-state index is 12.5. The molecule has 1 heterocycles. The Morgan fingerprint density at radius 2 is 1.86 bits per heavy atom. The van der Waals surface area contributed by atoms with E-state index in [1.54, 1.807) is 0 Å². The van der Waals surface area contributed by atoms with Gasteiger partial charge in [0.05, 0.1) is 12.0 Å². The van der Waals surface area contributed by atoms with Gasteiger partial charge in [0.25, 0.3) is 0 Å². The molecule has 0 radical (unpaired) electrons. The molecule has 4 nitrogen and oxygen atoms in total. The molecule has 0 aliphatic carbocycles. The van der Waals surface area contributed by atoms with E-state index in [1.165, 1.54) is 24.4 Å². The van der Waals surface area contributed by atoms with Crippen molar-refractivity contribution < 1.29 is 23.1 Å². The number of carbonyl (C=O) groups is 1. The van der Waals surface area contributed by atoms with Gasteiger partial charge in [-0.25, -0.2) is 4.98 Å². The molecule has 2 aromatic rings. The van der Waals surface area contributed by atoms with Crippen LogP contribution in [-0.4, -0.2) is 16.1 Å². The number of aromatic nitrogens is 1. The van der Waals surface area contributed by atoms with Crippen LogP contribution in [0.3, 0.4) is 0 Å². The van der Waals surface area contributed by atoms with E-state index in [9.17, 15) is 18.0 Å². The van der Waals surface area contributed by atoms with Crippen LogP contribution in [0.15, 0.2) is 36.5 Å². The van der Waals surface area contributed by atoms with Crippen LogP contribution in [0.25, 0.3) is 11.1 Å². The molecule has 0 unspecified atom stereocenters. The standard InChI is InChI=1S/C14H11F3N2O2/c15-14(16,17)10-3-1-9(2-4-10)11-5-8(6-12(20)21)7-19-13(11)18/h1-5,7H,6H2,(H2,18,19)(H,20,21). The van der Waals surface area contributed by atoms with Gasteiger partial charge >= 0.3 is 12.1 Å². The van der Waals surface area contributed by atoms with Gasteiger partial charge in [-0.1, -0.05) is 12.1 Å². The molecule has 3 N–H and O–H groups in total. The first-order chi connectivity index (χ1) is 9.77. The van der Waals surface area contributed by atoms with Crippen LogP contribution < -0.4 is 5.73 Å². The molecule has 7 heteroatoms. The van der Waals surface area contributed by atoms with Crippen molar-refractivity contribution in [3.8, 4) is 11.1 Å². The Morgan fingerprint density at radius 3 is 2.38 bits per heavy atom. The fourth-order valence-electron chi connectivity index (χ4n) is 1.86. The van der Waals surface area contributed by atoms with Crippen LogP contribution in [0.2, 0.25) is 0 Å². The maximum Gasteiger partial charge on any atom is 0.416 e. The highest BCUT2D eigenvalue weighted by atomic mass is 19.4. The molecular formula is C14H11F3N2O2. The van der Waals surface area contributed by atoms with E-state index in [2.05, 4.69) is 4.98 Å². The molecule has 21 heavy (non-hydrogen) atoms. The lowest BCUT2D eigenvalue weighted by Crippen LogP contribution is -2.05. The van der Waals surface area contributed by atoms with E-state index in [-0.39, 0.29) is 12.2 Å². The minimum absolute atomic E-state index is 0.129. The number of carboxylic acid groups (broad SMARTS) is 1. The second-order valence-corrected chi connectivity index (χ2v) is 4.42. The number of carboxylic acids is 1. The van der Waals surface area contributed by atoms with Gasteiger partial charge in [-0.05, 0) is 29.3 Å². The minimum Gasteiger partial charge on any atom is -0.481 e. The third kappa shape index (κ3) is 3.50. The summed E-state index contributed by atoms with van der Waals surface area (Å²) < 4.78 is 37.5. The number of aliphatic carboxylic acids is 1. The maximum absolute atomic E-state index is 12.5. The van der Waals surface area contributed by atoms with Crippen LogP contribution in [0.4, 0.5) is 19.0 Å². The average molecular weight is 296 g/mol. The van der Waals surface area contributed by atoms with Crippen molar-refractivity contribution in [3.05, 3.63) is 47.7 Å². The molecule has 0 atom stereocenters. The Labute approximate surface area is 118 Å². The number of nitrogens with two attached hydrogens (primary N) is 1. The molecule has 0 bridgehead atoms. The van der Waals surface area contributed by atoms with Gasteiger partial charge in [0.1, 0.15) is 5.82 Å². The number of hydrogen-bond acceptors (Lipinski definition) is 3. The third-order valence-electron chi connectivity index (χ3n) is 2.85. The van der Waals surface area contributed by atoms with Gasteiger partial charge in [0.15, 0.2) is 0 Å². The largest absolute Gasteiger partial charge is 0.481 e. The number of anilines is 1. The van der Waals surface area contributed by atoms with E-state index in [4.69, 9.17) is 10.8 Å². The lowest BCUT2D eigenvalue weighted by atomic mass is 10.0. The van der Waals surface area contributed by atoms with Crippen LogP contribution in [-0.2, 0) is 17.4 Å². The van der Waals surface area contributed by atoms with Crippen molar-refractivity contribution in [2.75, 3.05) is 5.73 Å². The van der Waals surface area contributed by atoms with Gasteiger partial charge in [0, 0.05) is 11.8 Å². The number of benzene rings is 1. The number of hydrogen-bond donors (Lipinski definition) is 2. The SMILES string of the molecule is Nc1ncc(CC(=O)O)cc1-c1ccc(C(F)(F)F)cc1. The number of rotatable bonds is 3. The molecule has 0 amide bonds. The van der Waals surface area contributed by atoms with Crippen molar-refractivity contribution in [1.82, 2.24) is 4.98 Å². The zero-order chi connectivity index (χ0) is 15.6. The number of nitrogens with zero attached hydrogens (tertiary/aromatic N) is 1. The molecule has 2 rings (SSSR count). The molecule has 1 aromatic carbocycles. The zero-order valence-corrected chi connectivity index (χ0v) is 10.7. The smallest absolute Gasteiger partial charge is 0.416 e. The van der Waals surface area contributed by atoms with Gasteiger partial charge in [-0.3, -0.25) is 4.79 Å². The number of nitrogen functional groups attached to an aromatic ring is 1. The number of halogens is 3. The summed E-state index contributed by atoms with van der Waals surface area (Å²) in [6.45, 7) is 0. The summed E-state index contributed by atoms with van der Waals surface area (Å²) in [5, 5.41) is 8.74. The molecule has 1 aromatic heterocycles. The number of alkyl halides is 3. The molecule has 0 fully saturated rings. The summed E-state index contributed by atoms with van der Waals surface area (Å²) >= 11 is 0. The summed E-state index contributed by atoms with van der Waals surface area (Å²) in [6.07, 6.45) is -3.31. The predicted molar refractivity (Wildman–Crippen MR) is 70.4 cm³/mol. The van der Waals surface area contributed by atoms with Gasteiger partial charge in [0.2, 0.25) is 0 Å². The molecule has 0 saturated heterocycles. The highest BCUT2D eigenvalue weighted by Crippen LogP contribution is 2.32. The van der Waals surface area contributed by atoms with Crippen molar-refractivity contribution in [1.29, 1.82) is 0 Å². The Morgan fingerprint density at radius 1 is 1.24 bits per heavy atom. The average Bonchev–Trinajstić information content (AvgIpc) is 2.39. The van der Waals surface area contributed by atoms with E-state index in [0.717, 1.165) is 12.1 Å². The van der Waals surface area contributed by atoms with Crippen LogP contribution in [0.5, 0.6) is 0 Å². The molecular weight excluding hydrogens is 285 g/mol. The van der Waals surface area contributed by atoms with Gasteiger partial charge in [-0.2, -0.15) is 13.2 Å². The molecule has 0 saturated carbocycles. The fourth-order valence-corrected chi connectivity index (χ4v) is 1.86. The van der Waals surface area contributed by atoms with Crippen LogP contribution in [0, 0.1) is 0 Å². The Hall–Kier alpha value is -2.57. The quantitative estimate of drug-likeness (QED) is 0.913. The highest BCUT2D eigenvalue weighted by Gasteiger charge is 2.30. The predicted octanol–water partition coefficient (Wildman–Crippen LogP) is 2.98. The number of pyridine rings is 1. The summed E-state index contributed by atoms with van der Waals surface area (Å²) in [5.41, 5.74) is 6.20. The topological polar surface area (TPSA) is 76.2 Å². The second kappa shape index (κ2) is 5.43. The third-order valence-corrected chi connectivity index (χ3v) is 2.85. The van der Waals surface area contributed by atoms with E-state index in [0.29, 0.717) is 16.7 Å². The Bertz CT molecular complexity index is 667. The van der Waals surface area contributed by atoms with E-state index >= 15 is 0 Å². The molecule has 110 valence electrons. The van der Waals surface area contributed by atoms with Crippen molar-refractivity contribution >= 4 is 11.8 Å². The monoisotopic (exact) mass is 296 g/mol. The van der Waals surface area contributed by atoms with Crippen molar-refractivity contribution in [2.24, 2.45) is 0 Å². The summed E-state index contributed by atoms with van der Waals surface area (Å²) in [5.74, 6) is -0.899. The Kier molecular flexibility index (Phi) is 3.84. The normalized spacial score (nSPS) is 11.4. The molecule has 0 spiro atoms. The summed E-state index contributed by atoms with van der Waals surface area (Å²) in [7, 11) is 0. The summed E-state index contributed by atoms with van der Waals surface area (Å²) in [4.78, 5) is 14.5. The van der Waals surface area contributed by atoms with Crippen molar-refractivity contribution in [3.63, 3.8) is 0 Å². The van der Waals surface area contributed by atoms with Crippen LogP contribution in [0.1, 0.15) is 11.1 Å². The molecule has 0 aliphatic heterocycles. The van der Waals surface area contributed by atoms with Gasteiger partial charge < -0.3 is 10.8 Å². The summed E-state index contributed by atoms with van der Waals surface area (Å²) in [6, 6.07) is 5.96. The van der Waals surface area contributed by atoms with E-state index < -0.39 is 17.7 Å². The second-order valence-electron chi connectivity index (χ2n) is 4.42. The lowest BCUT2D eigenvalue weighted by Gasteiger charge is -2.10. The Balaban J connectivity index is 2.39. The first-order valence-corrected chi connectivity index (χ1v) is 5.91. The van der Waals surface area contributed by atoms with Crippen LogP contribution >= 0.6 is 0 Å². The lowest BCUT2D eigenvalue weighted by molar-refractivity contribution is -0.138. The minimum atomic E-state index is -4.41. The first kappa shape index (κ1) is 14.8.